The van der Waals surface area contributed by atoms with Gasteiger partial charge < -0.3 is 10.1 Å². The Kier molecular flexibility index (Phi) is 3.95. The van der Waals surface area contributed by atoms with Gasteiger partial charge in [0.15, 0.2) is 0 Å². The molecule has 0 spiro atoms. The van der Waals surface area contributed by atoms with E-state index in [0.29, 0.717) is 11.1 Å². The van der Waals surface area contributed by atoms with Gasteiger partial charge in [-0.2, -0.15) is 0 Å². The molecule has 1 N–H and O–H groups in total. The first kappa shape index (κ1) is 13.5. The third-order valence-corrected chi connectivity index (χ3v) is 3.94. The highest BCUT2D eigenvalue weighted by molar-refractivity contribution is 6.32. The maximum Gasteiger partial charge on any atom is 0.142 e. The predicted octanol–water partition coefficient (Wildman–Crippen LogP) is 4.44. The Morgan fingerprint density at radius 2 is 2.00 bits per heavy atom. The molecule has 1 aliphatic heterocycles. The summed E-state index contributed by atoms with van der Waals surface area (Å²) in [4.78, 5) is 0. The molecular weight excluding hydrogens is 270 g/mol. The van der Waals surface area contributed by atoms with Crippen LogP contribution in [0.4, 0.5) is 0 Å². The van der Waals surface area contributed by atoms with Crippen LogP contribution in [0.15, 0.2) is 42.5 Å². The second kappa shape index (κ2) is 5.86. The lowest BCUT2D eigenvalue weighted by molar-refractivity contribution is 0.254. The van der Waals surface area contributed by atoms with Crippen LogP contribution in [-0.4, -0.2) is 13.2 Å². The van der Waals surface area contributed by atoms with Crippen LogP contribution >= 0.6 is 11.6 Å². The molecule has 0 bridgehead atoms. The third-order valence-electron chi connectivity index (χ3n) is 3.66. The number of hydrogen-bond donors (Lipinski definition) is 1. The number of halogens is 1. The quantitative estimate of drug-likeness (QED) is 0.901. The molecule has 0 radical (unpaired) electrons. The van der Waals surface area contributed by atoms with Gasteiger partial charge in [0.2, 0.25) is 0 Å². The second-order valence-corrected chi connectivity index (χ2v) is 5.40. The number of benzene rings is 2. The summed E-state index contributed by atoms with van der Waals surface area (Å²) in [5, 5.41) is 4.21. The van der Waals surface area contributed by atoms with E-state index in [1.54, 1.807) is 0 Å². The molecule has 0 amide bonds. The minimum Gasteiger partial charge on any atom is -0.492 e. The van der Waals surface area contributed by atoms with Gasteiger partial charge in [-0.25, -0.2) is 0 Å². The summed E-state index contributed by atoms with van der Waals surface area (Å²) in [7, 11) is 0. The highest BCUT2D eigenvalue weighted by Gasteiger charge is 2.23. The molecule has 3 heteroatoms. The van der Waals surface area contributed by atoms with Crippen LogP contribution in [0.5, 0.6) is 5.75 Å². The van der Waals surface area contributed by atoms with Crippen molar-refractivity contribution in [3.05, 3.63) is 53.1 Å². The average molecular weight is 288 g/mol. The molecule has 0 saturated heterocycles. The van der Waals surface area contributed by atoms with Gasteiger partial charge in [-0.3, -0.25) is 0 Å². The average Bonchev–Trinajstić information content (AvgIpc) is 2.49. The van der Waals surface area contributed by atoms with Crippen molar-refractivity contribution in [2.45, 2.75) is 19.4 Å². The summed E-state index contributed by atoms with van der Waals surface area (Å²) in [6, 6.07) is 14.8. The largest absolute Gasteiger partial charge is 0.492 e. The normalized spacial score (nSPS) is 17.4. The topological polar surface area (TPSA) is 21.3 Å². The smallest absolute Gasteiger partial charge is 0.142 e. The number of rotatable bonds is 3. The Hall–Kier alpha value is -1.51. The maximum atomic E-state index is 6.41. The van der Waals surface area contributed by atoms with E-state index in [-0.39, 0.29) is 0 Å². The standard InChI is InChI=1S/C17H18ClNO/c1-2-19-16-8-9-20-17-14(16)10-13(11-15(17)18)12-6-4-3-5-7-12/h3-7,10-11,16,19H,2,8-9H2,1H3. The van der Waals surface area contributed by atoms with Crippen molar-refractivity contribution < 1.29 is 4.74 Å². The van der Waals surface area contributed by atoms with Gasteiger partial charge in [0.25, 0.3) is 0 Å². The Morgan fingerprint density at radius 3 is 2.75 bits per heavy atom. The number of fused-ring (bicyclic) bond motifs is 1. The van der Waals surface area contributed by atoms with E-state index >= 15 is 0 Å². The molecule has 20 heavy (non-hydrogen) atoms. The maximum absolute atomic E-state index is 6.41. The molecule has 1 atom stereocenters. The van der Waals surface area contributed by atoms with E-state index in [1.807, 2.05) is 24.3 Å². The monoisotopic (exact) mass is 287 g/mol. The lowest BCUT2D eigenvalue weighted by atomic mass is 9.95. The van der Waals surface area contributed by atoms with Gasteiger partial charge in [-0.1, -0.05) is 48.9 Å². The van der Waals surface area contributed by atoms with Gasteiger partial charge >= 0.3 is 0 Å². The van der Waals surface area contributed by atoms with Crippen molar-refractivity contribution in [1.29, 1.82) is 0 Å². The van der Waals surface area contributed by atoms with Crippen LogP contribution in [0.25, 0.3) is 11.1 Å². The zero-order valence-electron chi connectivity index (χ0n) is 11.5. The first-order valence-electron chi connectivity index (χ1n) is 7.04. The van der Waals surface area contributed by atoms with E-state index in [2.05, 4.69) is 30.4 Å². The van der Waals surface area contributed by atoms with E-state index in [4.69, 9.17) is 16.3 Å². The van der Waals surface area contributed by atoms with E-state index in [9.17, 15) is 0 Å². The summed E-state index contributed by atoms with van der Waals surface area (Å²) >= 11 is 6.41. The minimum atomic E-state index is 0.324. The Labute approximate surface area is 124 Å². The summed E-state index contributed by atoms with van der Waals surface area (Å²) < 4.78 is 5.75. The molecule has 104 valence electrons. The van der Waals surface area contributed by atoms with Crippen LogP contribution in [-0.2, 0) is 0 Å². The van der Waals surface area contributed by atoms with Gasteiger partial charge in [0.1, 0.15) is 5.75 Å². The lowest BCUT2D eigenvalue weighted by Crippen LogP contribution is -2.27. The molecule has 2 aromatic carbocycles. The zero-order chi connectivity index (χ0) is 13.9. The van der Waals surface area contributed by atoms with E-state index in [1.165, 1.54) is 11.1 Å². The van der Waals surface area contributed by atoms with Crippen molar-refractivity contribution in [3.8, 4) is 16.9 Å². The summed E-state index contributed by atoms with van der Waals surface area (Å²) in [6.07, 6.45) is 0.982. The molecule has 1 aliphatic rings. The molecule has 0 saturated carbocycles. The van der Waals surface area contributed by atoms with Crippen molar-refractivity contribution in [3.63, 3.8) is 0 Å². The van der Waals surface area contributed by atoms with Gasteiger partial charge in [0, 0.05) is 18.0 Å². The van der Waals surface area contributed by atoms with E-state index in [0.717, 1.165) is 30.9 Å². The molecule has 0 aliphatic carbocycles. The molecule has 1 unspecified atom stereocenters. The van der Waals surface area contributed by atoms with Crippen LogP contribution < -0.4 is 10.1 Å². The molecule has 2 nitrogen and oxygen atoms in total. The van der Waals surface area contributed by atoms with Gasteiger partial charge in [-0.05, 0) is 29.8 Å². The molecule has 2 aromatic rings. The molecule has 0 aromatic heterocycles. The predicted molar refractivity (Wildman–Crippen MR) is 83.4 cm³/mol. The van der Waals surface area contributed by atoms with Crippen LogP contribution in [0.2, 0.25) is 5.02 Å². The molecule has 1 heterocycles. The number of ether oxygens (including phenoxy) is 1. The van der Waals surface area contributed by atoms with Gasteiger partial charge in [0.05, 0.1) is 11.6 Å². The first-order valence-corrected chi connectivity index (χ1v) is 7.42. The lowest BCUT2D eigenvalue weighted by Gasteiger charge is -2.28. The Bertz CT molecular complexity index is 597. The highest BCUT2D eigenvalue weighted by atomic mass is 35.5. The minimum absolute atomic E-state index is 0.324. The second-order valence-electron chi connectivity index (χ2n) is 4.99. The zero-order valence-corrected chi connectivity index (χ0v) is 12.3. The highest BCUT2D eigenvalue weighted by Crippen LogP contribution is 2.40. The molecular formula is C17H18ClNO. The van der Waals surface area contributed by atoms with Crippen LogP contribution in [0.3, 0.4) is 0 Å². The SMILES string of the molecule is CCNC1CCOc2c(Cl)cc(-c3ccccc3)cc21. The van der Waals surface area contributed by atoms with Crippen molar-refractivity contribution in [1.82, 2.24) is 5.32 Å². The summed E-state index contributed by atoms with van der Waals surface area (Å²) in [5.74, 6) is 0.837. The molecule has 0 fully saturated rings. The van der Waals surface area contributed by atoms with Crippen LogP contribution in [0, 0.1) is 0 Å². The molecule has 3 rings (SSSR count). The summed E-state index contributed by atoms with van der Waals surface area (Å²) in [6.45, 7) is 3.78. The number of nitrogens with one attached hydrogen (secondary N) is 1. The fourth-order valence-corrected chi connectivity index (χ4v) is 3.00. The van der Waals surface area contributed by atoms with Crippen molar-refractivity contribution >= 4 is 11.6 Å². The number of hydrogen-bond acceptors (Lipinski definition) is 2. The first-order chi connectivity index (χ1) is 9.79. The fourth-order valence-electron chi connectivity index (χ4n) is 2.72. The summed E-state index contributed by atoms with van der Waals surface area (Å²) in [5.41, 5.74) is 3.49. The Morgan fingerprint density at radius 1 is 1.20 bits per heavy atom. The Balaban J connectivity index is 2.07. The van der Waals surface area contributed by atoms with E-state index < -0.39 is 0 Å². The third kappa shape index (κ3) is 2.54. The van der Waals surface area contributed by atoms with Gasteiger partial charge in [-0.15, -0.1) is 0 Å². The van der Waals surface area contributed by atoms with Crippen molar-refractivity contribution in [2.24, 2.45) is 0 Å². The fraction of sp³-hybridized carbons (Fsp3) is 0.294. The van der Waals surface area contributed by atoms with Crippen LogP contribution in [0.1, 0.15) is 24.9 Å². The van der Waals surface area contributed by atoms with Crippen molar-refractivity contribution in [2.75, 3.05) is 13.2 Å².